The fraction of sp³-hybridized carbons (Fsp3) is 0.353. The number of para-hydroxylation sites is 3. The van der Waals surface area contributed by atoms with Gasteiger partial charge in [-0.3, -0.25) is 0 Å². The van der Waals surface area contributed by atoms with Crippen LogP contribution in [0.25, 0.3) is 5.57 Å². The third kappa shape index (κ3) is 6.47. The van der Waals surface area contributed by atoms with Crippen molar-refractivity contribution >= 4 is 34.4 Å². The molecule has 3 aromatic carbocycles. The van der Waals surface area contributed by atoms with Gasteiger partial charge in [0.15, 0.2) is 0 Å². The van der Waals surface area contributed by atoms with Crippen molar-refractivity contribution in [3.05, 3.63) is 102 Å². The number of anilines is 1. The molecule has 2 unspecified atom stereocenters. The molecule has 5 rings (SSSR count). The normalized spacial score (nSPS) is 19.2. The number of likely N-dealkylation sites (N-methyl/N-ethyl adjacent to an activating group) is 1. The van der Waals surface area contributed by atoms with E-state index in [0.717, 1.165) is 39.0 Å². The third-order valence-corrected chi connectivity index (χ3v) is 9.02. The van der Waals surface area contributed by atoms with E-state index in [1.54, 1.807) is 0 Å². The topological polar surface area (TPSA) is 17.4 Å². The number of benzene rings is 3. The second kappa shape index (κ2) is 13.1. The van der Waals surface area contributed by atoms with Crippen LogP contribution in [0.1, 0.15) is 18.4 Å². The lowest BCUT2D eigenvalue weighted by Gasteiger charge is -2.35. The zero-order valence-corrected chi connectivity index (χ0v) is 25.5. The second-order valence-electron chi connectivity index (χ2n) is 11.3. The van der Waals surface area contributed by atoms with Gasteiger partial charge in [0.05, 0.1) is 11.1 Å². The molecule has 0 bridgehead atoms. The van der Waals surface area contributed by atoms with Gasteiger partial charge in [-0.2, -0.15) is 0 Å². The minimum absolute atomic E-state index is 0.257. The monoisotopic (exact) mass is 554 g/mol. The summed E-state index contributed by atoms with van der Waals surface area (Å²) in [7, 11) is 10.9. The predicted molar refractivity (Wildman–Crippen MR) is 172 cm³/mol. The molecule has 0 saturated heterocycles. The number of quaternary nitrogens is 1. The van der Waals surface area contributed by atoms with E-state index in [1.807, 2.05) is 11.8 Å². The van der Waals surface area contributed by atoms with Crippen molar-refractivity contribution in [2.75, 3.05) is 66.3 Å². The maximum atomic E-state index is 2.65. The fourth-order valence-electron chi connectivity index (χ4n) is 5.69. The van der Waals surface area contributed by atoms with Crippen LogP contribution in [0.15, 0.2) is 102 Å². The average molecular weight is 555 g/mol. The van der Waals surface area contributed by atoms with Gasteiger partial charge < -0.3 is 19.6 Å². The third-order valence-electron chi connectivity index (χ3n) is 7.72. The molecule has 2 atom stereocenters. The Morgan fingerprint density at radius 3 is 2.08 bits per heavy atom. The van der Waals surface area contributed by atoms with Crippen molar-refractivity contribution in [3.63, 3.8) is 0 Å². The standard InChI is InChI=1S/C34H43N5S/c1-35(2)21-13-23-38(24-14-22-36(3)4)33-25-27(26-34-37(5)31-19-11-12-20-32(31)40-34)29-17-9-10-18-30(29)39(33)28-15-7-6-8-16-28/h6-12,15-20,25-26,34H,13-14,21-24H2,1-5H3/p+1/b27-26+. The Labute approximate surface area is 245 Å². The first kappa shape index (κ1) is 28.5. The van der Waals surface area contributed by atoms with E-state index >= 15 is 0 Å². The summed E-state index contributed by atoms with van der Waals surface area (Å²) in [5.41, 5.74) is 6.55. The summed E-state index contributed by atoms with van der Waals surface area (Å²) in [6, 6.07) is 28.7. The highest BCUT2D eigenvalue weighted by molar-refractivity contribution is 8.00. The van der Waals surface area contributed by atoms with Crippen molar-refractivity contribution in [1.29, 1.82) is 0 Å². The van der Waals surface area contributed by atoms with Crippen molar-refractivity contribution in [2.24, 2.45) is 0 Å². The summed E-state index contributed by atoms with van der Waals surface area (Å²) >= 11 is 1.94. The van der Waals surface area contributed by atoms with Crippen molar-refractivity contribution < 1.29 is 4.90 Å². The summed E-state index contributed by atoms with van der Waals surface area (Å²) in [5, 5.41) is 0.257. The molecule has 3 aromatic rings. The Bertz CT molecular complexity index is 1320. The number of rotatable bonds is 11. The van der Waals surface area contributed by atoms with Crippen LogP contribution in [-0.2, 0) is 0 Å². The molecular formula is C34H44N5S+. The second-order valence-corrected chi connectivity index (χ2v) is 12.5. The van der Waals surface area contributed by atoms with Crippen LogP contribution < -0.4 is 9.80 Å². The quantitative estimate of drug-likeness (QED) is 0.334. The first-order chi connectivity index (χ1) is 19.4. The molecule has 0 aromatic heterocycles. The van der Waals surface area contributed by atoms with Crippen molar-refractivity contribution in [1.82, 2.24) is 14.7 Å². The highest BCUT2D eigenvalue weighted by atomic mass is 32.2. The number of nitrogens with one attached hydrogen (secondary N) is 1. The summed E-state index contributed by atoms with van der Waals surface area (Å²) in [5.74, 6) is 1.34. The molecule has 0 radical (unpaired) electrons. The number of allylic oxidation sites excluding steroid dienone is 2. The number of thioether (sulfide) groups is 1. The van der Waals surface area contributed by atoms with Gasteiger partial charge in [-0.15, -0.1) is 0 Å². The van der Waals surface area contributed by atoms with Gasteiger partial charge in [-0.1, -0.05) is 54.2 Å². The SMILES string of the molecule is CN(C)CCCN(CCCN(C)C)C1=C/C(=C\C2Sc3ccccc3N2C)c2ccccc2[NH+]1c1ccccc1. The van der Waals surface area contributed by atoms with Crippen molar-refractivity contribution in [2.45, 2.75) is 23.1 Å². The van der Waals surface area contributed by atoms with E-state index in [-0.39, 0.29) is 5.37 Å². The van der Waals surface area contributed by atoms with Crippen LogP contribution in [0.2, 0.25) is 0 Å². The summed E-state index contributed by atoms with van der Waals surface area (Å²) in [6.45, 7) is 4.23. The summed E-state index contributed by atoms with van der Waals surface area (Å²) in [6.07, 6.45) is 7.22. The number of hydrogen-bond acceptors (Lipinski definition) is 5. The highest BCUT2D eigenvalue weighted by Crippen LogP contribution is 2.44. The van der Waals surface area contributed by atoms with E-state index in [2.05, 4.69) is 146 Å². The number of hydrogen-bond donors (Lipinski definition) is 1. The Morgan fingerprint density at radius 2 is 1.40 bits per heavy atom. The first-order valence-corrected chi connectivity index (χ1v) is 15.3. The highest BCUT2D eigenvalue weighted by Gasteiger charge is 2.34. The van der Waals surface area contributed by atoms with Gasteiger partial charge in [0, 0.05) is 42.7 Å². The molecule has 2 aliphatic rings. The van der Waals surface area contributed by atoms with Crippen LogP contribution in [0, 0.1) is 0 Å². The van der Waals surface area contributed by atoms with Crippen LogP contribution >= 0.6 is 11.8 Å². The molecule has 0 amide bonds. The van der Waals surface area contributed by atoms with Crippen LogP contribution in [0.4, 0.5) is 17.1 Å². The smallest absolute Gasteiger partial charge is 0.213 e. The zero-order chi connectivity index (χ0) is 28.1. The minimum Gasteiger partial charge on any atom is -0.358 e. The lowest BCUT2D eigenvalue weighted by atomic mass is 9.97. The lowest BCUT2D eigenvalue weighted by Crippen LogP contribution is -3.02. The summed E-state index contributed by atoms with van der Waals surface area (Å²) in [4.78, 5) is 12.3. The number of fused-ring (bicyclic) bond motifs is 2. The maximum absolute atomic E-state index is 2.65. The van der Waals surface area contributed by atoms with Gasteiger partial charge in [-0.05, 0) is 96.1 Å². The largest absolute Gasteiger partial charge is 0.358 e. The molecule has 0 saturated carbocycles. The minimum atomic E-state index is 0.257. The lowest BCUT2D eigenvalue weighted by molar-refractivity contribution is -0.727. The molecule has 210 valence electrons. The molecule has 1 N–H and O–H groups in total. The summed E-state index contributed by atoms with van der Waals surface area (Å²) < 4.78 is 0. The van der Waals surface area contributed by atoms with Crippen LogP contribution in [0.3, 0.4) is 0 Å². The van der Waals surface area contributed by atoms with Gasteiger partial charge in [0.2, 0.25) is 5.82 Å². The van der Waals surface area contributed by atoms with E-state index in [0.29, 0.717) is 0 Å². The zero-order valence-electron chi connectivity index (χ0n) is 24.7. The van der Waals surface area contributed by atoms with Gasteiger partial charge in [0.1, 0.15) is 11.4 Å². The molecule has 0 spiro atoms. The maximum Gasteiger partial charge on any atom is 0.213 e. The average Bonchev–Trinajstić information content (AvgIpc) is 3.27. The Balaban J connectivity index is 1.58. The molecule has 2 aliphatic heterocycles. The van der Waals surface area contributed by atoms with Gasteiger partial charge in [0.25, 0.3) is 0 Å². The van der Waals surface area contributed by atoms with Crippen molar-refractivity contribution in [3.8, 4) is 0 Å². The first-order valence-electron chi connectivity index (χ1n) is 14.4. The van der Waals surface area contributed by atoms with Gasteiger partial charge >= 0.3 is 0 Å². The molecular weight excluding hydrogens is 510 g/mol. The molecule has 2 heterocycles. The van der Waals surface area contributed by atoms with E-state index in [9.17, 15) is 0 Å². The van der Waals surface area contributed by atoms with Crippen LogP contribution in [0.5, 0.6) is 0 Å². The fourth-order valence-corrected chi connectivity index (χ4v) is 6.92. The molecule has 6 heteroatoms. The molecule has 40 heavy (non-hydrogen) atoms. The molecule has 0 aliphatic carbocycles. The Hall–Kier alpha value is -3.03. The molecule has 5 nitrogen and oxygen atoms in total. The van der Waals surface area contributed by atoms with Crippen LogP contribution in [-0.4, -0.2) is 81.5 Å². The van der Waals surface area contributed by atoms with E-state index < -0.39 is 0 Å². The molecule has 0 fully saturated rings. The Kier molecular flexibility index (Phi) is 9.33. The van der Waals surface area contributed by atoms with Gasteiger partial charge in [-0.25, -0.2) is 4.90 Å². The van der Waals surface area contributed by atoms with E-state index in [4.69, 9.17) is 0 Å². The van der Waals surface area contributed by atoms with E-state index in [1.165, 1.54) is 43.8 Å². The predicted octanol–water partition coefficient (Wildman–Crippen LogP) is 5.55. The Morgan fingerprint density at radius 1 is 0.775 bits per heavy atom. The number of nitrogens with zero attached hydrogens (tertiary/aromatic N) is 4.